The molecule has 0 aliphatic rings. The van der Waals surface area contributed by atoms with Crippen molar-refractivity contribution in [3.8, 4) is 0 Å². The molecule has 3 rings (SSSR count). The van der Waals surface area contributed by atoms with Crippen molar-refractivity contribution in [1.82, 2.24) is 15.2 Å². The largest absolute Gasteiger partial charge is 0.334 e. The second kappa shape index (κ2) is 8.16. The number of urea groups is 1. The zero-order valence-corrected chi connectivity index (χ0v) is 16.3. The molecule has 1 atom stereocenters. The standard InChI is InChI=1S/C20H17ClF3N3O2/c1-10(14-9-25-19(28)13-7-18(24)17(23)6-12(13)14)27(2)20(29)26-8-11-3-4-16(22)15(21)5-11/h3-7,9-10H,8H2,1-2H3,(H,25,28)(H,26,29)/t10-/m0/s1. The Morgan fingerprint density at radius 3 is 2.45 bits per heavy atom. The first-order chi connectivity index (χ1) is 13.7. The quantitative estimate of drug-likeness (QED) is 0.649. The molecular formula is C20H17ClF3N3O2. The SMILES string of the molecule is C[C@@H](c1c[nH]c(=O)c2cc(F)c(F)cc12)N(C)C(=O)NCc1ccc(F)c(Cl)c1. The van der Waals surface area contributed by atoms with Gasteiger partial charge in [-0.3, -0.25) is 4.79 Å². The molecule has 5 nitrogen and oxygen atoms in total. The van der Waals surface area contributed by atoms with Crippen LogP contribution in [-0.4, -0.2) is 23.0 Å². The number of pyridine rings is 1. The maximum Gasteiger partial charge on any atom is 0.317 e. The van der Waals surface area contributed by atoms with E-state index in [-0.39, 0.29) is 22.3 Å². The highest BCUT2D eigenvalue weighted by molar-refractivity contribution is 6.30. The van der Waals surface area contributed by atoms with Gasteiger partial charge < -0.3 is 15.2 Å². The van der Waals surface area contributed by atoms with Crippen molar-refractivity contribution in [1.29, 1.82) is 0 Å². The van der Waals surface area contributed by atoms with Gasteiger partial charge in [0, 0.05) is 19.8 Å². The van der Waals surface area contributed by atoms with Gasteiger partial charge in [0.25, 0.3) is 5.56 Å². The molecule has 1 heterocycles. The van der Waals surface area contributed by atoms with Crippen molar-refractivity contribution < 1.29 is 18.0 Å². The third kappa shape index (κ3) is 4.22. The monoisotopic (exact) mass is 423 g/mol. The summed E-state index contributed by atoms with van der Waals surface area (Å²) in [6.45, 7) is 1.80. The average Bonchev–Trinajstić information content (AvgIpc) is 2.69. The van der Waals surface area contributed by atoms with E-state index in [9.17, 15) is 22.8 Å². The predicted octanol–water partition coefficient (Wildman–Crippen LogP) is 4.50. The van der Waals surface area contributed by atoms with Gasteiger partial charge in [0.1, 0.15) is 5.82 Å². The van der Waals surface area contributed by atoms with Crippen LogP contribution in [0.5, 0.6) is 0 Å². The van der Waals surface area contributed by atoms with Gasteiger partial charge in [0.15, 0.2) is 11.6 Å². The molecule has 2 aromatic carbocycles. The summed E-state index contributed by atoms with van der Waals surface area (Å²) in [5, 5.41) is 2.83. The van der Waals surface area contributed by atoms with E-state index in [0.29, 0.717) is 11.1 Å². The van der Waals surface area contributed by atoms with Crippen LogP contribution in [0.2, 0.25) is 5.02 Å². The maximum absolute atomic E-state index is 13.7. The molecule has 0 fully saturated rings. The van der Waals surface area contributed by atoms with Crippen LogP contribution in [0.3, 0.4) is 0 Å². The van der Waals surface area contributed by atoms with Crippen LogP contribution in [0.15, 0.2) is 41.3 Å². The lowest BCUT2D eigenvalue weighted by atomic mass is 10.0. The summed E-state index contributed by atoms with van der Waals surface area (Å²) in [5.74, 6) is -2.77. The van der Waals surface area contributed by atoms with Crippen molar-refractivity contribution >= 4 is 28.4 Å². The van der Waals surface area contributed by atoms with E-state index in [1.165, 1.54) is 36.3 Å². The molecule has 0 spiro atoms. The minimum absolute atomic E-state index is 0.0111. The number of nitrogens with one attached hydrogen (secondary N) is 2. The number of hydrogen-bond acceptors (Lipinski definition) is 2. The summed E-state index contributed by atoms with van der Waals surface area (Å²) in [6, 6.07) is 4.85. The van der Waals surface area contributed by atoms with Gasteiger partial charge in [-0.25, -0.2) is 18.0 Å². The van der Waals surface area contributed by atoms with Crippen LogP contribution >= 0.6 is 11.6 Å². The number of H-pyrrole nitrogens is 1. The molecule has 2 N–H and O–H groups in total. The molecule has 0 radical (unpaired) electrons. The Balaban J connectivity index is 1.82. The highest BCUT2D eigenvalue weighted by atomic mass is 35.5. The number of carbonyl (C=O) groups excluding carboxylic acids is 1. The number of benzene rings is 2. The Kier molecular flexibility index (Phi) is 5.83. The molecule has 0 saturated carbocycles. The van der Waals surface area contributed by atoms with Gasteiger partial charge in [-0.2, -0.15) is 0 Å². The average molecular weight is 424 g/mol. The van der Waals surface area contributed by atoms with Gasteiger partial charge in [0.2, 0.25) is 0 Å². The molecule has 3 aromatic rings. The van der Waals surface area contributed by atoms with Crippen LogP contribution in [0.1, 0.15) is 24.1 Å². The molecule has 9 heteroatoms. The second-order valence-corrected chi connectivity index (χ2v) is 6.99. The van der Waals surface area contributed by atoms with Gasteiger partial charge in [-0.05, 0) is 47.7 Å². The smallest absolute Gasteiger partial charge is 0.317 e. The summed E-state index contributed by atoms with van der Waals surface area (Å²) in [4.78, 5) is 28.3. The fourth-order valence-electron chi connectivity index (χ4n) is 2.95. The van der Waals surface area contributed by atoms with Crippen LogP contribution < -0.4 is 10.9 Å². The van der Waals surface area contributed by atoms with E-state index in [2.05, 4.69) is 10.3 Å². The topological polar surface area (TPSA) is 65.2 Å². The first-order valence-electron chi connectivity index (χ1n) is 8.64. The Morgan fingerprint density at radius 2 is 1.79 bits per heavy atom. The number of nitrogens with zero attached hydrogens (tertiary/aromatic N) is 1. The van der Waals surface area contributed by atoms with Crippen LogP contribution in [0.25, 0.3) is 10.8 Å². The fourth-order valence-corrected chi connectivity index (χ4v) is 3.16. The Morgan fingerprint density at radius 1 is 1.14 bits per heavy atom. The molecular weight excluding hydrogens is 407 g/mol. The van der Waals surface area contributed by atoms with E-state index in [1.54, 1.807) is 6.92 Å². The number of carbonyl (C=O) groups is 1. The lowest BCUT2D eigenvalue weighted by molar-refractivity contribution is 0.194. The van der Waals surface area contributed by atoms with E-state index >= 15 is 0 Å². The molecule has 1 aromatic heterocycles. The molecule has 0 aliphatic heterocycles. The van der Waals surface area contributed by atoms with Gasteiger partial charge >= 0.3 is 6.03 Å². The molecule has 0 unspecified atom stereocenters. The van der Waals surface area contributed by atoms with E-state index < -0.39 is 35.1 Å². The van der Waals surface area contributed by atoms with Crippen LogP contribution in [0.4, 0.5) is 18.0 Å². The highest BCUT2D eigenvalue weighted by Crippen LogP contribution is 2.27. The number of hydrogen-bond donors (Lipinski definition) is 2. The summed E-state index contributed by atoms with van der Waals surface area (Å²) in [6.07, 6.45) is 1.37. The number of halogens is 4. The first kappa shape index (κ1) is 20.7. The minimum atomic E-state index is -1.13. The molecule has 29 heavy (non-hydrogen) atoms. The summed E-state index contributed by atoms with van der Waals surface area (Å²) in [5.41, 5.74) is 0.494. The number of amides is 2. The molecule has 0 saturated heterocycles. The number of aromatic nitrogens is 1. The van der Waals surface area contributed by atoms with Crippen molar-refractivity contribution in [2.45, 2.75) is 19.5 Å². The normalized spacial score (nSPS) is 12.1. The second-order valence-electron chi connectivity index (χ2n) is 6.58. The third-order valence-corrected chi connectivity index (χ3v) is 5.04. The van der Waals surface area contributed by atoms with Crippen molar-refractivity contribution in [3.63, 3.8) is 0 Å². The van der Waals surface area contributed by atoms with Crippen molar-refractivity contribution in [3.05, 3.63) is 80.5 Å². The fraction of sp³-hybridized carbons (Fsp3) is 0.200. The van der Waals surface area contributed by atoms with E-state index in [0.717, 1.165) is 12.1 Å². The Labute approximate surface area is 169 Å². The van der Waals surface area contributed by atoms with E-state index in [4.69, 9.17) is 11.6 Å². The molecule has 2 amide bonds. The van der Waals surface area contributed by atoms with Gasteiger partial charge in [-0.15, -0.1) is 0 Å². The summed E-state index contributed by atoms with van der Waals surface area (Å²) < 4.78 is 40.5. The summed E-state index contributed by atoms with van der Waals surface area (Å²) >= 11 is 5.73. The van der Waals surface area contributed by atoms with Crippen molar-refractivity contribution in [2.75, 3.05) is 7.05 Å². The lowest BCUT2D eigenvalue weighted by Gasteiger charge is -2.26. The Hall–Kier alpha value is -3.00. The highest BCUT2D eigenvalue weighted by Gasteiger charge is 2.21. The third-order valence-electron chi connectivity index (χ3n) is 4.75. The zero-order valence-electron chi connectivity index (χ0n) is 15.5. The first-order valence-corrected chi connectivity index (χ1v) is 9.01. The number of aromatic amines is 1. The van der Waals surface area contributed by atoms with Crippen LogP contribution in [-0.2, 0) is 6.54 Å². The summed E-state index contributed by atoms with van der Waals surface area (Å²) in [7, 11) is 1.52. The number of fused-ring (bicyclic) bond motifs is 1. The lowest BCUT2D eigenvalue weighted by Crippen LogP contribution is -2.38. The zero-order chi connectivity index (χ0) is 21.3. The maximum atomic E-state index is 13.7. The van der Waals surface area contributed by atoms with Gasteiger partial charge in [-0.1, -0.05) is 17.7 Å². The molecule has 152 valence electrons. The minimum Gasteiger partial charge on any atom is -0.334 e. The Bertz CT molecular complexity index is 1150. The predicted molar refractivity (Wildman–Crippen MR) is 104 cm³/mol. The van der Waals surface area contributed by atoms with Gasteiger partial charge in [0.05, 0.1) is 16.5 Å². The van der Waals surface area contributed by atoms with Crippen LogP contribution in [0, 0.1) is 17.5 Å². The van der Waals surface area contributed by atoms with E-state index in [1.807, 2.05) is 0 Å². The number of rotatable bonds is 4. The molecule has 0 bridgehead atoms. The molecule has 0 aliphatic carbocycles. The van der Waals surface area contributed by atoms with Crippen molar-refractivity contribution in [2.24, 2.45) is 0 Å².